The zero-order chi connectivity index (χ0) is 18.0. The van der Waals surface area contributed by atoms with Crippen LogP contribution >= 0.6 is 11.8 Å². The summed E-state index contributed by atoms with van der Waals surface area (Å²) in [6.45, 7) is 3.72. The molecular weight excluding hydrogens is 343 g/mol. The summed E-state index contributed by atoms with van der Waals surface area (Å²) in [5.74, 6) is -0.987. The number of thioether (sulfide) groups is 1. The molecular formula is C17H17FN4O2S. The Morgan fingerprint density at radius 1 is 1.40 bits per heavy atom. The highest BCUT2D eigenvalue weighted by Gasteiger charge is 2.21. The maximum absolute atomic E-state index is 14.4. The van der Waals surface area contributed by atoms with Gasteiger partial charge in [-0.15, -0.1) is 11.8 Å². The van der Waals surface area contributed by atoms with Gasteiger partial charge in [0.25, 0.3) is 0 Å². The van der Waals surface area contributed by atoms with Crippen molar-refractivity contribution in [3.63, 3.8) is 0 Å². The van der Waals surface area contributed by atoms with Gasteiger partial charge in [0.1, 0.15) is 5.82 Å². The lowest BCUT2D eigenvalue weighted by molar-refractivity contribution is 0.0521. The first-order valence-electron chi connectivity index (χ1n) is 7.67. The van der Waals surface area contributed by atoms with Gasteiger partial charge in [-0.25, -0.2) is 18.7 Å². The van der Waals surface area contributed by atoms with Crippen molar-refractivity contribution >= 4 is 34.8 Å². The minimum absolute atomic E-state index is 0.0979. The number of rotatable bonds is 5. The molecule has 1 N–H and O–H groups in total. The van der Waals surface area contributed by atoms with Crippen LogP contribution in [-0.2, 0) is 4.74 Å². The van der Waals surface area contributed by atoms with Crippen molar-refractivity contribution in [1.29, 1.82) is 0 Å². The van der Waals surface area contributed by atoms with Gasteiger partial charge in [0.05, 0.1) is 29.9 Å². The maximum Gasteiger partial charge on any atom is 0.359 e. The number of nitrogens with one attached hydrogen (secondary N) is 1. The Bertz CT molecular complexity index is 942. The average molecular weight is 360 g/mol. The van der Waals surface area contributed by atoms with Gasteiger partial charge in [0, 0.05) is 11.0 Å². The molecule has 2 aromatic heterocycles. The molecule has 0 fully saturated rings. The van der Waals surface area contributed by atoms with Crippen molar-refractivity contribution in [3.8, 4) is 0 Å². The fraction of sp³-hybridized carbons (Fsp3) is 0.235. The summed E-state index contributed by atoms with van der Waals surface area (Å²) in [4.78, 5) is 17.4. The molecule has 0 saturated heterocycles. The van der Waals surface area contributed by atoms with E-state index in [0.29, 0.717) is 17.0 Å². The molecule has 6 nitrogen and oxygen atoms in total. The fourth-order valence-electron chi connectivity index (χ4n) is 2.44. The molecule has 2 heterocycles. The molecule has 25 heavy (non-hydrogen) atoms. The normalized spacial score (nSPS) is 10.9. The van der Waals surface area contributed by atoms with Crippen molar-refractivity contribution in [1.82, 2.24) is 14.6 Å². The Labute approximate surface area is 148 Å². The predicted molar refractivity (Wildman–Crippen MR) is 95.1 cm³/mol. The Balaban J connectivity index is 2.11. The zero-order valence-corrected chi connectivity index (χ0v) is 14.9. The summed E-state index contributed by atoms with van der Waals surface area (Å²) in [5.41, 5.74) is 1.86. The minimum Gasteiger partial charge on any atom is -0.461 e. The van der Waals surface area contributed by atoms with E-state index in [1.54, 1.807) is 42.8 Å². The quantitative estimate of drug-likeness (QED) is 0.551. The lowest BCUT2D eigenvalue weighted by atomic mass is 10.2. The van der Waals surface area contributed by atoms with E-state index in [0.717, 1.165) is 4.90 Å². The summed E-state index contributed by atoms with van der Waals surface area (Å²) in [5, 5.41) is 7.15. The predicted octanol–water partition coefficient (Wildman–Crippen LogP) is 3.82. The Kier molecular flexibility index (Phi) is 4.89. The summed E-state index contributed by atoms with van der Waals surface area (Å²) in [7, 11) is 0. The van der Waals surface area contributed by atoms with E-state index in [1.807, 2.05) is 6.26 Å². The van der Waals surface area contributed by atoms with Crippen molar-refractivity contribution in [2.24, 2.45) is 0 Å². The van der Waals surface area contributed by atoms with Crippen molar-refractivity contribution in [2.45, 2.75) is 18.7 Å². The SMILES string of the molecule is CCOC(=O)c1nc2ccnn2c(C)c1Nc1ccc(SC)cc1F. The van der Waals surface area contributed by atoms with Crippen LogP contribution in [0, 0.1) is 12.7 Å². The highest BCUT2D eigenvalue weighted by molar-refractivity contribution is 7.98. The molecule has 0 aliphatic rings. The third kappa shape index (κ3) is 3.30. The van der Waals surface area contributed by atoms with Crippen LogP contribution in [0.25, 0.3) is 5.65 Å². The number of aryl methyl sites for hydroxylation is 1. The lowest BCUT2D eigenvalue weighted by Crippen LogP contribution is -2.14. The second-order valence-corrected chi connectivity index (χ2v) is 6.09. The number of nitrogens with zero attached hydrogens (tertiary/aromatic N) is 3. The third-order valence-corrected chi connectivity index (χ3v) is 4.40. The number of esters is 1. The van der Waals surface area contributed by atoms with Gasteiger partial charge in [-0.3, -0.25) is 0 Å². The standard InChI is InChI=1S/C17H17FN4O2S/c1-4-24-17(23)16-15(10(2)22-14(21-16)7-8-19-22)20-13-6-5-11(25-3)9-12(13)18/h5-9,20H,4H2,1-3H3. The van der Waals surface area contributed by atoms with Gasteiger partial charge in [0.15, 0.2) is 11.3 Å². The molecule has 1 aromatic carbocycles. The number of hydrogen-bond donors (Lipinski definition) is 1. The number of aromatic nitrogens is 3. The first kappa shape index (κ1) is 17.2. The highest BCUT2D eigenvalue weighted by atomic mass is 32.2. The number of fused-ring (bicyclic) bond motifs is 1. The Morgan fingerprint density at radius 2 is 2.20 bits per heavy atom. The highest BCUT2D eigenvalue weighted by Crippen LogP contribution is 2.28. The molecule has 8 heteroatoms. The van der Waals surface area contributed by atoms with E-state index in [9.17, 15) is 9.18 Å². The molecule has 0 radical (unpaired) electrons. The van der Waals surface area contributed by atoms with E-state index in [1.165, 1.54) is 17.8 Å². The fourth-order valence-corrected chi connectivity index (χ4v) is 2.87. The molecule has 3 aromatic rings. The van der Waals surface area contributed by atoms with Crippen LogP contribution in [0.1, 0.15) is 23.1 Å². The smallest absolute Gasteiger partial charge is 0.359 e. The largest absolute Gasteiger partial charge is 0.461 e. The van der Waals surface area contributed by atoms with Gasteiger partial charge < -0.3 is 10.1 Å². The molecule has 3 rings (SSSR count). The number of carbonyl (C=O) groups excluding carboxylic acids is 1. The molecule has 0 spiro atoms. The number of hydrogen-bond acceptors (Lipinski definition) is 6. The Hall–Kier alpha value is -2.61. The van der Waals surface area contributed by atoms with E-state index in [4.69, 9.17) is 4.74 Å². The lowest BCUT2D eigenvalue weighted by Gasteiger charge is -2.15. The molecule has 0 unspecified atom stereocenters. The van der Waals surface area contributed by atoms with Crippen molar-refractivity contribution in [2.75, 3.05) is 18.2 Å². The number of benzene rings is 1. The van der Waals surface area contributed by atoms with Gasteiger partial charge in [0.2, 0.25) is 0 Å². The van der Waals surface area contributed by atoms with Gasteiger partial charge in [-0.1, -0.05) is 0 Å². The van der Waals surface area contributed by atoms with Crippen LogP contribution in [-0.4, -0.2) is 33.4 Å². The number of halogens is 1. The molecule has 0 saturated carbocycles. The van der Waals surface area contributed by atoms with Crippen molar-refractivity contribution < 1.29 is 13.9 Å². The van der Waals surface area contributed by atoms with Crippen LogP contribution in [0.3, 0.4) is 0 Å². The minimum atomic E-state index is -0.571. The molecule has 0 bridgehead atoms. The summed E-state index contributed by atoms with van der Waals surface area (Å²) < 4.78 is 21.0. The average Bonchev–Trinajstić information content (AvgIpc) is 3.07. The summed E-state index contributed by atoms with van der Waals surface area (Å²) in [6.07, 6.45) is 3.46. The topological polar surface area (TPSA) is 68.5 Å². The molecule has 0 atom stereocenters. The number of carbonyl (C=O) groups is 1. The zero-order valence-electron chi connectivity index (χ0n) is 14.0. The second-order valence-electron chi connectivity index (χ2n) is 5.21. The van der Waals surface area contributed by atoms with Crippen LogP contribution in [0.4, 0.5) is 15.8 Å². The van der Waals surface area contributed by atoms with Crippen LogP contribution in [0.5, 0.6) is 0 Å². The van der Waals surface area contributed by atoms with E-state index >= 15 is 0 Å². The third-order valence-electron chi connectivity index (χ3n) is 3.67. The first-order chi connectivity index (χ1) is 12.0. The molecule has 0 aliphatic carbocycles. The van der Waals surface area contributed by atoms with Crippen molar-refractivity contribution in [3.05, 3.63) is 47.7 Å². The molecule has 0 aliphatic heterocycles. The second kappa shape index (κ2) is 7.10. The molecule has 130 valence electrons. The monoisotopic (exact) mass is 360 g/mol. The maximum atomic E-state index is 14.4. The summed E-state index contributed by atoms with van der Waals surface area (Å²) >= 11 is 1.45. The molecule has 0 amide bonds. The van der Waals surface area contributed by atoms with Crippen LogP contribution in [0.15, 0.2) is 35.4 Å². The Morgan fingerprint density at radius 3 is 2.88 bits per heavy atom. The first-order valence-corrected chi connectivity index (χ1v) is 8.89. The van der Waals surface area contributed by atoms with E-state index < -0.39 is 11.8 Å². The van der Waals surface area contributed by atoms with Gasteiger partial charge >= 0.3 is 5.97 Å². The van der Waals surface area contributed by atoms with E-state index in [-0.39, 0.29) is 18.0 Å². The number of ether oxygens (including phenoxy) is 1. The van der Waals surface area contributed by atoms with Gasteiger partial charge in [-0.05, 0) is 38.3 Å². The van der Waals surface area contributed by atoms with Gasteiger partial charge in [-0.2, -0.15) is 5.10 Å². The van der Waals surface area contributed by atoms with Crippen LogP contribution < -0.4 is 5.32 Å². The van der Waals surface area contributed by atoms with E-state index in [2.05, 4.69) is 15.4 Å². The van der Waals surface area contributed by atoms with Crippen LogP contribution in [0.2, 0.25) is 0 Å². The summed E-state index contributed by atoms with van der Waals surface area (Å²) in [6, 6.07) is 6.55. The number of anilines is 2.